The number of para-hydroxylation sites is 1. The van der Waals surface area contributed by atoms with Crippen LogP contribution in [-0.4, -0.2) is 26.7 Å². The fraction of sp³-hybridized carbons (Fsp3) is 0.409. The average Bonchev–Trinajstić information content (AvgIpc) is 2.65. The second-order valence-electron chi connectivity index (χ2n) is 7.01. The van der Waals surface area contributed by atoms with Crippen LogP contribution in [0.15, 0.2) is 36.4 Å². The van der Waals surface area contributed by atoms with E-state index in [0.717, 1.165) is 16.8 Å². The molecule has 0 saturated heterocycles. The van der Waals surface area contributed by atoms with Crippen molar-refractivity contribution in [3.8, 4) is 17.2 Å². The second-order valence-corrected chi connectivity index (χ2v) is 7.01. The maximum atomic E-state index is 12.5. The van der Waals surface area contributed by atoms with Gasteiger partial charge in [-0.25, -0.2) is 0 Å². The summed E-state index contributed by atoms with van der Waals surface area (Å²) in [5.74, 6) is 2.15. The summed E-state index contributed by atoms with van der Waals surface area (Å²) in [6.45, 7) is 8.38. The Morgan fingerprint density at radius 2 is 1.37 bits per heavy atom. The van der Waals surface area contributed by atoms with E-state index < -0.39 is 0 Å². The zero-order chi connectivity index (χ0) is 20.0. The summed E-state index contributed by atoms with van der Waals surface area (Å²) in [6, 6.07) is 11.3. The van der Waals surface area contributed by atoms with Crippen molar-refractivity contribution in [3.63, 3.8) is 0 Å². The van der Waals surface area contributed by atoms with Crippen LogP contribution in [0.4, 0.5) is 5.69 Å². The molecule has 0 radical (unpaired) electrons. The first-order valence-corrected chi connectivity index (χ1v) is 9.14. The number of methoxy groups -OCH3 is 2. The fourth-order valence-corrected chi connectivity index (χ4v) is 2.88. The minimum absolute atomic E-state index is 0.0969. The van der Waals surface area contributed by atoms with Crippen LogP contribution in [0.25, 0.3) is 0 Å². The molecule has 0 fully saturated rings. The summed E-state index contributed by atoms with van der Waals surface area (Å²) in [6.07, 6.45) is 0. The number of carbonyl (C=O) groups excluding carboxylic acids is 1. The lowest BCUT2D eigenvalue weighted by molar-refractivity contribution is -0.118. The van der Waals surface area contributed by atoms with Crippen LogP contribution in [-0.2, 0) is 4.79 Å². The summed E-state index contributed by atoms with van der Waals surface area (Å²) < 4.78 is 16.1. The Bertz CT molecular complexity index is 735. The van der Waals surface area contributed by atoms with Crippen molar-refractivity contribution in [2.24, 2.45) is 0 Å². The molecule has 2 rings (SSSR count). The van der Waals surface area contributed by atoms with Crippen molar-refractivity contribution in [1.82, 2.24) is 0 Å². The third-order valence-electron chi connectivity index (χ3n) is 4.33. The highest BCUT2D eigenvalue weighted by atomic mass is 16.5. The van der Waals surface area contributed by atoms with E-state index in [1.54, 1.807) is 32.4 Å². The van der Waals surface area contributed by atoms with E-state index >= 15 is 0 Å². The van der Waals surface area contributed by atoms with Gasteiger partial charge in [-0.05, 0) is 23.0 Å². The average molecular weight is 371 g/mol. The van der Waals surface area contributed by atoms with Gasteiger partial charge in [0.25, 0.3) is 5.91 Å². The number of hydrogen-bond acceptors (Lipinski definition) is 4. The Morgan fingerprint density at radius 1 is 0.889 bits per heavy atom. The molecule has 1 amide bonds. The summed E-state index contributed by atoms with van der Waals surface area (Å²) >= 11 is 0. The van der Waals surface area contributed by atoms with E-state index in [-0.39, 0.29) is 12.5 Å². The molecule has 27 heavy (non-hydrogen) atoms. The van der Waals surface area contributed by atoms with Gasteiger partial charge in [0.05, 0.1) is 14.2 Å². The third kappa shape index (κ3) is 5.39. The lowest BCUT2D eigenvalue weighted by Gasteiger charge is -2.20. The molecule has 146 valence electrons. The molecule has 0 atom stereocenters. The summed E-state index contributed by atoms with van der Waals surface area (Å²) in [5.41, 5.74) is 3.13. The maximum absolute atomic E-state index is 12.5. The first-order valence-electron chi connectivity index (χ1n) is 9.14. The Labute approximate surface area is 161 Å². The van der Waals surface area contributed by atoms with E-state index in [1.165, 1.54) is 0 Å². The standard InChI is InChI=1S/C22H29NO4/c1-14(2)19-8-7-9-20(15(3)4)22(19)23-21(24)13-27-18-11-16(25-5)10-17(12-18)26-6/h7-12,14-15H,13H2,1-6H3,(H,23,24). The lowest BCUT2D eigenvalue weighted by Crippen LogP contribution is -2.22. The van der Waals surface area contributed by atoms with Crippen molar-refractivity contribution in [2.75, 3.05) is 26.1 Å². The first kappa shape index (κ1) is 20.6. The highest BCUT2D eigenvalue weighted by molar-refractivity contribution is 5.93. The van der Waals surface area contributed by atoms with Gasteiger partial charge in [0.2, 0.25) is 0 Å². The fourth-order valence-electron chi connectivity index (χ4n) is 2.88. The maximum Gasteiger partial charge on any atom is 0.262 e. The van der Waals surface area contributed by atoms with E-state index in [0.29, 0.717) is 29.1 Å². The molecule has 5 nitrogen and oxygen atoms in total. The van der Waals surface area contributed by atoms with E-state index in [1.807, 2.05) is 6.07 Å². The van der Waals surface area contributed by atoms with Crippen LogP contribution in [0.2, 0.25) is 0 Å². The minimum atomic E-state index is -0.202. The highest BCUT2D eigenvalue weighted by Crippen LogP contribution is 2.32. The van der Waals surface area contributed by atoms with Crippen molar-refractivity contribution in [3.05, 3.63) is 47.5 Å². The van der Waals surface area contributed by atoms with Gasteiger partial charge in [0.15, 0.2) is 6.61 Å². The minimum Gasteiger partial charge on any atom is -0.496 e. The number of rotatable bonds is 8. The van der Waals surface area contributed by atoms with Gasteiger partial charge < -0.3 is 19.5 Å². The molecule has 0 unspecified atom stereocenters. The number of benzene rings is 2. The summed E-state index contributed by atoms with van der Waals surface area (Å²) in [5, 5.41) is 3.04. The zero-order valence-electron chi connectivity index (χ0n) is 17.0. The largest absolute Gasteiger partial charge is 0.496 e. The SMILES string of the molecule is COc1cc(OC)cc(OCC(=O)Nc2c(C(C)C)cccc2C(C)C)c1. The normalized spacial score (nSPS) is 10.8. The molecule has 0 aliphatic rings. The molecule has 0 saturated carbocycles. The van der Waals surface area contributed by atoms with Crippen molar-refractivity contribution in [1.29, 1.82) is 0 Å². The Hall–Kier alpha value is -2.69. The summed E-state index contributed by atoms with van der Waals surface area (Å²) in [7, 11) is 3.14. The molecule has 0 heterocycles. The smallest absolute Gasteiger partial charge is 0.262 e. The predicted octanol–water partition coefficient (Wildman–Crippen LogP) is 4.97. The van der Waals surface area contributed by atoms with Crippen LogP contribution in [0.3, 0.4) is 0 Å². The number of amides is 1. The predicted molar refractivity (Wildman–Crippen MR) is 108 cm³/mol. The molecule has 0 aliphatic carbocycles. The van der Waals surface area contributed by atoms with Crippen LogP contribution in [0.1, 0.15) is 50.7 Å². The van der Waals surface area contributed by atoms with E-state index in [2.05, 4.69) is 45.1 Å². The number of anilines is 1. The third-order valence-corrected chi connectivity index (χ3v) is 4.33. The number of carbonyl (C=O) groups is 1. The second kappa shape index (κ2) is 9.31. The first-order chi connectivity index (χ1) is 12.8. The van der Waals surface area contributed by atoms with E-state index in [4.69, 9.17) is 14.2 Å². The molecule has 1 N–H and O–H groups in total. The number of hydrogen-bond donors (Lipinski definition) is 1. The molecule has 0 spiro atoms. The quantitative estimate of drug-likeness (QED) is 0.712. The zero-order valence-corrected chi connectivity index (χ0v) is 17.0. The number of ether oxygens (including phenoxy) is 3. The lowest BCUT2D eigenvalue weighted by atomic mass is 9.92. The van der Waals surface area contributed by atoms with Crippen LogP contribution >= 0.6 is 0 Å². The van der Waals surface area contributed by atoms with Gasteiger partial charge in [-0.1, -0.05) is 45.9 Å². The number of nitrogens with one attached hydrogen (secondary N) is 1. The molecule has 0 aliphatic heterocycles. The monoisotopic (exact) mass is 371 g/mol. The van der Waals surface area contributed by atoms with Crippen molar-refractivity contribution < 1.29 is 19.0 Å². The molecule has 0 bridgehead atoms. The molecular formula is C22H29NO4. The van der Waals surface area contributed by atoms with Gasteiger partial charge in [0.1, 0.15) is 17.2 Å². The molecule has 2 aromatic carbocycles. The highest BCUT2D eigenvalue weighted by Gasteiger charge is 2.16. The summed E-state index contributed by atoms with van der Waals surface area (Å²) in [4.78, 5) is 12.5. The van der Waals surface area contributed by atoms with Gasteiger partial charge in [-0.3, -0.25) is 4.79 Å². The molecule has 0 aromatic heterocycles. The Balaban J connectivity index is 2.15. The molecular weight excluding hydrogens is 342 g/mol. The molecule has 5 heteroatoms. The van der Waals surface area contributed by atoms with Gasteiger partial charge >= 0.3 is 0 Å². The Kier molecular flexibility index (Phi) is 7.11. The van der Waals surface area contributed by atoms with Crippen LogP contribution < -0.4 is 19.5 Å². The van der Waals surface area contributed by atoms with Crippen molar-refractivity contribution in [2.45, 2.75) is 39.5 Å². The molecule has 2 aromatic rings. The van der Waals surface area contributed by atoms with E-state index in [9.17, 15) is 4.79 Å². The van der Waals surface area contributed by atoms with Gasteiger partial charge in [0, 0.05) is 23.9 Å². The van der Waals surface area contributed by atoms with Crippen LogP contribution in [0, 0.1) is 0 Å². The van der Waals surface area contributed by atoms with Gasteiger partial charge in [-0.2, -0.15) is 0 Å². The van der Waals surface area contributed by atoms with Crippen LogP contribution in [0.5, 0.6) is 17.2 Å². The van der Waals surface area contributed by atoms with Gasteiger partial charge in [-0.15, -0.1) is 0 Å². The topological polar surface area (TPSA) is 56.8 Å². The Morgan fingerprint density at radius 3 is 1.81 bits per heavy atom. The van der Waals surface area contributed by atoms with Crippen molar-refractivity contribution >= 4 is 11.6 Å².